The van der Waals surface area contributed by atoms with Gasteiger partial charge in [0.25, 0.3) is 0 Å². The predicted molar refractivity (Wildman–Crippen MR) is 87.1 cm³/mol. The molecule has 3 N–H and O–H groups in total. The van der Waals surface area contributed by atoms with E-state index in [1.165, 1.54) is 7.11 Å². The number of ether oxygens (including phenoxy) is 2. The van der Waals surface area contributed by atoms with E-state index in [1.54, 1.807) is 6.20 Å². The van der Waals surface area contributed by atoms with Gasteiger partial charge in [0.1, 0.15) is 12.6 Å². The Bertz CT molecular complexity index is 707. The molecule has 2 aromatic rings. The monoisotopic (exact) mass is 332 g/mol. The molecule has 0 aliphatic rings. The summed E-state index contributed by atoms with van der Waals surface area (Å²) in [5.41, 5.74) is 7.40. The third-order valence-corrected chi connectivity index (χ3v) is 3.26. The van der Waals surface area contributed by atoms with E-state index >= 15 is 0 Å². The molecule has 0 fully saturated rings. The number of hydrogen-bond acceptors (Lipinski definition) is 6. The smallest absolute Gasteiger partial charge is 0.246 e. The molecule has 0 saturated heterocycles. The van der Waals surface area contributed by atoms with Crippen molar-refractivity contribution in [2.75, 3.05) is 26.9 Å². The van der Waals surface area contributed by atoms with Crippen molar-refractivity contribution in [3.8, 4) is 0 Å². The lowest BCUT2D eigenvalue weighted by atomic mass is 10.1. The zero-order chi connectivity index (χ0) is 17.4. The van der Waals surface area contributed by atoms with Crippen LogP contribution in [0.2, 0.25) is 0 Å². The molecular formula is C16H20N4O4. The van der Waals surface area contributed by atoms with Gasteiger partial charge in [-0.05, 0) is 12.1 Å². The van der Waals surface area contributed by atoms with Crippen LogP contribution in [0.3, 0.4) is 0 Å². The van der Waals surface area contributed by atoms with Crippen LogP contribution in [0.15, 0.2) is 30.5 Å². The van der Waals surface area contributed by atoms with Crippen LogP contribution in [0.4, 0.5) is 0 Å². The number of carbonyl (C=O) groups is 2. The first kappa shape index (κ1) is 17.8. The molecule has 0 bridgehead atoms. The first-order valence-electron chi connectivity index (χ1n) is 7.46. The van der Waals surface area contributed by atoms with Gasteiger partial charge in [-0.15, -0.1) is 0 Å². The lowest BCUT2D eigenvalue weighted by Gasteiger charge is -2.15. The van der Waals surface area contributed by atoms with Crippen LogP contribution in [0.25, 0.3) is 11.0 Å². The van der Waals surface area contributed by atoms with Gasteiger partial charge in [0, 0.05) is 19.7 Å². The van der Waals surface area contributed by atoms with Crippen molar-refractivity contribution in [1.29, 1.82) is 0 Å². The van der Waals surface area contributed by atoms with Gasteiger partial charge in [-0.1, -0.05) is 12.1 Å². The highest BCUT2D eigenvalue weighted by molar-refractivity contribution is 5.87. The van der Waals surface area contributed by atoms with Crippen molar-refractivity contribution in [3.63, 3.8) is 0 Å². The average molecular weight is 332 g/mol. The molecule has 2 rings (SSSR count). The molecule has 1 aromatic carbocycles. The van der Waals surface area contributed by atoms with Gasteiger partial charge >= 0.3 is 0 Å². The molecule has 8 nitrogen and oxygen atoms in total. The second-order valence-electron chi connectivity index (χ2n) is 5.12. The topological polar surface area (TPSA) is 116 Å². The summed E-state index contributed by atoms with van der Waals surface area (Å²) < 4.78 is 9.92. The highest BCUT2D eigenvalue weighted by atomic mass is 16.5. The molecule has 128 valence electrons. The summed E-state index contributed by atoms with van der Waals surface area (Å²) in [6.07, 6.45) is 1.73. The predicted octanol–water partition coefficient (Wildman–Crippen LogP) is -0.195. The number of nitrogens with two attached hydrogens (primary N) is 1. The quantitative estimate of drug-likeness (QED) is 0.615. The number of aromatic nitrogens is 2. The van der Waals surface area contributed by atoms with E-state index in [9.17, 15) is 9.59 Å². The summed E-state index contributed by atoms with van der Waals surface area (Å²) >= 11 is 0. The van der Waals surface area contributed by atoms with Gasteiger partial charge < -0.3 is 20.5 Å². The summed E-state index contributed by atoms with van der Waals surface area (Å²) in [7, 11) is 1.54. The largest absolute Gasteiger partial charge is 0.382 e. The number of fused-ring (bicyclic) bond motifs is 1. The minimum Gasteiger partial charge on any atom is -0.382 e. The van der Waals surface area contributed by atoms with Crippen LogP contribution in [-0.2, 0) is 25.5 Å². The number of primary amides is 1. The summed E-state index contributed by atoms with van der Waals surface area (Å²) in [5, 5.41) is 2.54. The van der Waals surface area contributed by atoms with Crippen LogP contribution in [0.5, 0.6) is 0 Å². The number of nitrogens with one attached hydrogen (secondary N) is 1. The Morgan fingerprint density at radius 1 is 1.25 bits per heavy atom. The Hall–Kier alpha value is -2.58. The third-order valence-electron chi connectivity index (χ3n) is 3.26. The molecule has 8 heteroatoms. The van der Waals surface area contributed by atoms with Gasteiger partial charge in [-0.2, -0.15) is 0 Å². The lowest BCUT2D eigenvalue weighted by Crippen LogP contribution is -2.47. The van der Waals surface area contributed by atoms with Gasteiger partial charge in [0.15, 0.2) is 0 Å². The number of methoxy groups -OCH3 is 1. The Labute approximate surface area is 139 Å². The van der Waals surface area contributed by atoms with Gasteiger partial charge in [0.2, 0.25) is 11.8 Å². The number of amides is 2. The third kappa shape index (κ3) is 5.25. The number of hydrogen-bond donors (Lipinski definition) is 2. The van der Waals surface area contributed by atoms with Crippen molar-refractivity contribution >= 4 is 22.8 Å². The lowest BCUT2D eigenvalue weighted by molar-refractivity contribution is -0.130. The first-order chi connectivity index (χ1) is 11.6. The molecular weight excluding hydrogens is 312 g/mol. The first-order valence-corrected chi connectivity index (χ1v) is 7.46. The minimum atomic E-state index is -0.876. The molecule has 1 atom stereocenters. The summed E-state index contributed by atoms with van der Waals surface area (Å²) in [5.74, 6) is -1.07. The molecule has 0 saturated carbocycles. The highest BCUT2D eigenvalue weighted by Gasteiger charge is 2.19. The Morgan fingerprint density at radius 3 is 2.71 bits per heavy atom. The van der Waals surface area contributed by atoms with E-state index < -0.39 is 17.9 Å². The van der Waals surface area contributed by atoms with E-state index in [0.717, 1.165) is 5.52 Å². The zero-order valence-electron chi connectivity index (χ0n) is 13.4. The summed E-state index contributed by atoms with van der Waals surface area (Å²) in [6, 6.07) is 6.52. The highest BCUT2D eigenvalue weighted by Crippen LogP contribution is 2.09. The van der Waals surface area contributed by atoms with Crippen molar-refractivity contribution in [3.05, 3.63) is 36.2 Å². The number of carbonyl (C=O) groups excluding carboxylic acids is 2. The van der Waals surface area contributed by atoms with E-state index in [1.807, 2.05) is 24.3 Å². The number of nitrogens with zero attached hydrogens (tertiary/aromatic N) is 2. The van der Waals surface area contributed by atoms with Gasteiger partial charge in [0.05, 0.1) is 29.9 Å². The number of benzene rings is 1. The zero-order valence-corrected chi connectivity index (χ0v) is 13.4. The fourth-order valence-corrected chi connectivity index (χ4v) is 2.07. The molecule has 2 amide bonds. The standard InChI is InChI=1S/C16H20N4O4/c1-23-6-7-24-10-15(21)20-14(16(17)22)8-11-9-18-12-4-2-3-5-13(12)19-11/h2-5,9,14H,6-8,10H2,1H3,(H2,17,22)(H,20,21)/t14-/m0/s1. The average Bonchev–Trinajstić information content (AvgIpc) is 2.58. The molecule has 0 aliphatic heterocycles. The second kappa shape index (κ2) is 8.90. The second-order valence-corrected chi connectivity index (χ2v) is 5.12. The van der Waals surface area contributed by atoms with Crippen LogP contribution < -0.4 is 11.1 Å². The molecule has 0 spiro atoms. The normalized spacial score (nSPS) is 12.0. The summed E-state index contributed by atoms with van der Waals surface area (Å²) in [6.45, 7) is 0.511. The fraction of sp³-hybridized carbons (Fsp3) is 0.375. The Morgan fingerprint density at radius 2 is 2.00 bits per heavy atom. The van der Waals surface area contributed by atoms with E-state index in [4.69, 9.17) is 15.2 Å². The van der Waals surface area contributed by atoms with Crippen molar-refractivity contribution in [1.82, 2.24) is 15.3 Å². The van der Waals surface area contributed by atoms with Crippen molar-refractivity contribution in [2.45, 2.75) is 12.5 Å². The van der Waals surface area contributed by atoms with Gasteiger partial charge in [-0.25, -0.2) is 4.98 Å². The fourth-order valence-electron chi connectivity index (χ4n) is 2.07. The minimum absolute atomic E-state index is 0.164. The molecule has 0 aliphatic carbocycles. The van der Waals surface area contributed by atoms with E-state index in [0.29, 0.717) is 24.4 Å². The Balaban J connectivity index is 1.96. The maximum absolute atomic E-state index is 11.8. The maximum Gasteiger partial charge on any atom is 0.246 e. The summed E-state index contributed by atoms with van der Waals surface area (Å²) in [4.78, 5) is 32.1. The maximum atomic E-state index is 11.8. The van der Waals surface area contributed by atoms with Gasteiger partial charge in [-0.3, -0.25) is 14.6 Å². The van der Waals surface area contributed by atoms with Crippen molar-refractivity contribution in [2.24, 2.45) is 5.73 Å². The SMILES string of the molecule is COCCOCC(=O)N[C@@H](Cc1cnc2ccccc2n1)C(N)=O. The van der Waals surface area contributed by atoms with Crippen LogP contribution in [0.1, 0.15) is 5.69 Å². The number of rotatable bonds is 9. The molecule has 24 heavy (non-hydrogen) atoms. The Kier molecular flexibility index (Phi) is 6.59. The van der Waals surface area contributed by atoms with E-state index in [2.05, 4.69) is 15.3 Å². The molecule has 1 aromatic heterocycles. The molecule has 1 heterocycles. The van der Waals surface area contributed by atoms with Crippen LogP contribution in [0, 0.1) is 0 Å². The molecule has 0 unspecified atom stereocenters. The van der Waals surface area contributed by atoms with Crippen LogP contribution in [-0.4, -0.2) is 54.8 Å². The van der Waals surface area contributed by atoms with E-state index in [-0.39, 0.29) is 13.0 Å². The van der Waals surface area contributed by atoms with Crippen molar-refractivity contribution < 1.29 is 19.1 Å². The van der Waals surface area contributed by atoms with Crippen LogP contribution >= 0.6 is 0 Å². The molecule has 0 radical (unpaired) electrons. The number of para-hydroxylation sites is 2.